The third-order valence-electron chi connectivity index (χ3n) is 5.23. The maximum absolute atomic E-state index is 11.4. The maximum atomic E-state index is 11.4. The van der Waals surface area contributed by atoms with E-state index in [9.17, 15) is 4.79 Å². The molecule has 2 heterocycles. The molecule has 116 valence electrons. The first kappa shape index (κ1) is 15.8. The van der Waals surface area contributed by atoms with Gasteiger partial charge in [0.1, 0.15) is 0 Å². The van der Waals surface area contributed by atoms with Crippen LogP contribution in [0.5, 0.6) is 0 Å². The number of rotatable bonds is 6. The summed E-state index contributed by atoms with van der Waals surface area (Å²) in [5.74, 6) is 1.07. The van der Waals surface area contributed by atoms with Crippen LogP contribution in [0.3, 0.4) is 0 Å². The SMILES string of the molecule is CCC(C)CC1COC(CC2OC2C(=O)OC)C1(C)C. The summed E-state index contributed by atoms with van der Waals surface area (Å²) in [6.45, 7) is 9.95. The van der Waals surface area contributed by atoms with Crippen molar-refractivity contribution in [1.82, 2.24) is 0 Å². The number of esters is 1. The van der Waals surface area contributed by atoms with Gasteiger partial charge in [0.05, 0.1) is 25.9 Å². The van der Waals surface area contributed by atoms with Crippen LogP contribution in [0.4, 0.5) is 0 Å². The number of carbonyl (C=O) groups is 1. The van der Waals surface area contributed by atoms with E-state index < -0.39 is 0 Å². The van der Waals surface area contributed by atoms with Gasteiger partial charge in [0.2, 0.25) is 0 Å². The largest absolute Gasteiger partial charge is 0.467 e. The molecule has 20 heavy (non-hydrogen) atoms. The van der Waals surface area contributed by atoms with Crippen LogP contribution in [0, 0.1) is 17.3 Å². The van der Waals surface area contributed by atoms with Gasteiger partial charge in [0.15, 0.2) is 6.10 Å². The number of hydrogen-bond acceptors (Lipinski definition) is 4. The molecule has 0 bridgehead atoms. The lowest BCUT2D eigenvalue weighted by atomic mass is 9.72. The molecule has 0 aliphatic carbocycles. The van der Waals surface area contributed by atoms with Crippen LogP contribution in [0.15, 0.2) is 0 Å². The lowest BCUT2D eigenvalue weighted by Gasteiger charge is -2.32. The molecule has 0 aromatic heterocycles. The van der Waals surface area contributed by atoms with Crippen LogP contribution < -0.4 is 0 Å². The monoisotopic (exact) mass is 284 g/mol. The van der Waals surface area contributed by atoms with Crippen LogP contribution >= 0.6 is 0 Å². The van der Waals surface area contributed by atoms with Crippen molar-refractivity contribution in [1.29, 1.82) is 0 Å². The molecule has 2 rings (SSSR count). The summed E-state index contributed by atoms with van der Waals surface area (Å²) in [7, 11) is 1.40. The van der Waals surface area contributed by atoms with E-state index in [1.165, 1.54) is 20.0 Å². The van der Waals surface area contributed by atoms with Crippen molar-refractivity contribution >= 4 is 5.97 Å². The standard InChI is InChI=1S/C16H28O4/c1-6-10(2)7-11-9-19-13(16(11,3)4)8-12-14(20-12)15(17)18-5/h10-14H,6-9H2,1-5H3. The fourth-order valence-electron chi connectivity index (χ4n) is 3.18. The molecule has 5 atom stereocenters. The summed E-state index contributed by atoms with van der Waals surface area (Å²) >= 11 is 0. The second kappa shape index (κ2) is 6.02. The molecule has 2 aliphatic heterocycles. The number of hydrogen-bond donors (Lipinski definition) is 0. The van der Waals surface area contributed by atoms with Gasteiger partial charge >= 0.3 is 5.97 Å². The first-order valence-electron chi connectivity index (χ1n) is 7.75. The Bertz CT molecular complexity index is 352. The lowest BCUT2D eigenvalue weighted by molar-refractivity contribution is -0.142. The Labute approximate surface area is 122 Å². The van der Waals surface area contributed by atoms with Crippen molar-refractivity contribution in [3.05, 3.63) is 0 Å². The summed E-state index contributed by atoms with van der Waals surface area (Å²) in [6, 6.07) is 0. The average molecular weight is 284 g/mol. The van der Waals surface area contributed by atoms with E-state index in [4.69, 9.17) is 14.2 Å². The molecule has 0 amide bonds. The Morgan fingerprint density at radius 1 is 1.45 bits per heavy atom. The molecular formula is C16H28O4. The normalized spacial score (nSPS) is 36.6. The van der Waals surface area contributed by atoms with E-state index in [1.54, 1.807) is 0 Å². The van der Waals surface area contributed by atoms with Crippen molar-refractivity contribution in [2.75, 3.05) is 13.7 Å². The maximum Gasteiger partial charge on any atom is 0.337 e. The van der Waals surface area contributed by atoms with Crippen LogP contribution in [-0.4, -0.2) is 38.0 Å². The van der Waals surface area contributed by atoms with Gasteiger partial charge in [-0.2, -0.15) is 0 Å². The third kappa shape index (κ3) is 3.17. The highest BCUT2D eigenvalue weighted by atomic mass is 16.6. The van der Waals surface area contributed by atoms with Crippen molar-refractivity contribution in [3.63, 3.8) is 0 Å². The Balaban J connectivity index is 1.87. The molecule has 2 fully saturated rings. The fraction of sp³-hybridized carbons (Fsp3) is 0.938. The second-order valence-electron chi connectivity index (χ2n) is 6.94. The van der Waals surface area contributed by atoms with E-state index in [2.05, 4.69) is 27.7 Å². The molecule has 0 aromatic carbocycles. The van der Waals surface area contributed by atoms with Crippen LogP contribution in [0.1, 0.15) is 47.0 Å². The Morgan fingerprint density at radius 2 is 2.15 bits per heavy atom. The van der Waals surface area contributed by atoms with Gasteiger partial charge < -0.3 is 14.2 Å². The molecule has 2 saturated heterocycles. The average Bonchev–Trinajstić information content (AvgIpc) is 3.13. The van der Waals surface area contributed by atoms with Gasteiger partial charge in [-0.1, -0.05) is 34.1 Å². The number of epoxide rings is 1. The van der Waals surface area contributed by atoms with Gasteiger partial charge in [0, 0.05) is 6.42 Å². The smallest absolute Gasteiger partial charge is 0.337 e. The van der Waals surface area contributed by atoms with Crippen molar-refractivity contribution in [2.24, 2.45) is 17.3 Å². The zero-order chi connectivity index (χ0) is 14.9. The summed E-state index contributed by atoms with van der Waals surface area (Å²) < 4.78 is 16.1. The summed E-state index contributed by atoms with van der Waals surface area (Å²) in [6.07, 6.45) is 3.02. The van der Waals surface area contributed by atoms with Gasteiger partial charge in [-0.3, -0.25) is 0 Å². The van der Waals surface area contributed by atoms with Gasteiger partial charge in [-0.25, -0.2) is 4.79 Å². The number of ether oxygens (including phenoxy) is 3. The minimum Gasteiger partial charge on any atom is -0.467 e. The molecule has 2 aliphatic rings. The summed E-state index contributed by atoms with van der Waals surface area (Å²) in [5, 5.41) is 0. The molecular weight excluding hydrogens is 256 g/mol. The highest BCUT2D eigenvalue weighted by Crippen LogP contribution is 2.46. The van der Waals surface area contributed by atoms with E-state index in [1.807, 2.05) is 0 Å². The fourth-order valence-corrected chi connectivity index (χ4v) is 3.18. The van der Waals surface area contributed by atoms with Crippen LogP contribution in [-0.2, 0) is 19.0 Å². The molecule has 0 N–H and O–H groups in total. The first-order chi connectivity index (χ1) is 9.40. The van der Waals surface area contributed by atoms with Crippen LogP contribution in [0.25, 0.3) is 0 Å². The Kier molecular flexibility index (Phi) is 4.75. The zero-order valence-corrected chi connectivity index (χ0v) is 13.3. The summed E-state index contributed by atoms with van der Waals surface area (Å²) in [5.41, 5.74) is 0.149. The van der Waals surface area contributed by atoms with Gasteiger partial charge in [0.25, 0.3) is 0 Å². The van der Waals surface area contributed by atoms with Gasteiger partial charge in [-0.15, -0.1) is 0 Å². The minimum atomic E-state index is -0.368. The summed E-state index contributed by atoms with van der Waals surface area (Å²) in [4.78, 5) is 11.4. The zero-order valence-electron chi connectivity index (χ0n) is 13.3. The molecule has 0 spiro atoms. The van der Waals surface area contributed by atoms with E-state index in [0.29, 0.717) is 5.92 Å². The highest BCUT2D eigenvalue weighted by molar-refractivity contribution is 5.77. The van der Waals surface area contributed by atoms with E-state index >= 15 is 0 Å². The van der Waals surface area contributed by atoms with Crippen molar-refractivity contribution in [2.45, 2.75) is 65.3 Å². The topological polar surface area (TPSA) is 48.1 Å². The molecule has 4 nitrogen and oxygen atoms in total. The number of carbonyl (C=O) groups excluding carboxylic acids is 1. The molecule has 4 heteroatoms. The van der Waals surface area contributed by atoms with E-state index in [-0.39, 0.29) is 29.7 Å². The molecule has 0 saturated carbocycles. The molecule has 5 unspecified atom stereocenters. The quantitative estimate of drug-likeness (QED) is 0.556. The first-order valence-corrected chi connectivity index (χ1v) is 7.75. The molecule has 0 radical (unpaired) electrons. The molecule has 0 aromatic rings. The van der Waals surface area contributed by atoms with Crippen molar-refractivity contribution in [3.8, 4) is 0 Å². The van der Waals surface area contributed by atoms with Crippen molar-refractivity contribution < 1.29 is 19.0 Å². The lowest BCUT2D eigenvalue weighted by Crippen LogP contribution is -2.32. The van der Waals surface area contributed by atoms with Gasteiger partial charge in [-0.05, 0) is 23.7 Å². The predicted octanol–water partition coefficient (Wildman–Crippen LogP) is 2.79. The van der Waals surface area contributed by atoms with E-state index in [0.717, 1.165) is 18.9 Å². The minimum absolute atomic E-state index is 0.0194. The predicted molar refractivity (Wildman–Crippen MR) is 76.4 cm³/mol. The van der Waals surface area contributed by atoms with Crippen LogP contribution in [0.2, 0.25) is 0 Å². The second-order valence-corrected chi connectivity index (χ2v) is 6.94. The highest BCUT2D eigenvalue weighted by Gasteiger charge is 2.52. The number of methoxy groups -OCH3 is 1. The Hall–Kier alpha value is -0.610. The Morgan fingerprint density at radius 3 is 2.75 bits per heavy atom. The third-order valence-corrected chi connectivity index (χ3v) is 5.23.